The minimum atomic E-state index is -0.598. The van der Waals surface area contributed by atoms with Crippen LogP contribution in [0.2, 0.25) is 0 Å². The summed E-state index contributed by atoms with van der Waals surface area (Å²) < 4.78 is 6.20. The molecule has 0 saturated carbocycles. The Kier molecular flexibility index (Phi) is 5.16. The first-order valence-corrected chi connectivity index (χ1v) is 7.34. The zero-order valence-corrected chi connectivity index (χ0v) is 13.5. The van der Waals surface area contributed by atoms with E-state index in [1.807, 2.05) is 25.1 Å². The molecule has 2 aromatic carbocycles. The van der Waals surface area contributed by atoms with Gasteiger partial charge in [0.1, 0.15) is 5.75 Å². The number of carbonyl (C=O) groups excluding carboxylic acids is 2. The van der Waals surface area contributed by atoms with Crippen LogP contribution < -0.4 is 15.8 Å². The molecule has 0 spiro atoms. The number of hydrogen-bond acceptors (Lipinski definition) is 3. The quantitative estimate of drug-likeness (QED) is 0.857. The third-order valence-corrected chi connectivity index (χ3v) is 3.43. The molecule has 22 heavy (non-hydrogen) atoms. The first kappa shape index (κ1) is 16.0. The molecule has 0 aliphatic heterocycles. The summed E-state index contributed by atoms with van der Waals surface area (Å²) in [6, 6.07) is 12.2. The van der Waals surface area contributed by atoms with Crippen molar-refractivity contribution >= 4 is 33.4 Å². The predicted molar refractivity (Wildman–Crippen MR) is 88.0 cm³/mol. The number of para-hydroxylation sites is 1. The maximum absolute atomic E-state index is 12.4. The molecule has 114 valence electrons. The van der Waals surface area contributed by atoms with Gasteiger partial charge in [-0.2, -0.15) is 0 Å². The topological polar surface area (TPSA) is 81.4 Å². The SMILES string of the molecule is Cc1cc(Br)ccc1NC(=O)c1ccccc1OCC(N)=O. The van der Waals surface area contributed by atoms with E-state index in [0.717, 1.165) is 10.0 Å². The van der Waals surface area contributed by atoms with Gasteiger partial charge in [-0.1, -0.05) is 28.1 Å². The summed E-state index contributed by atoms with van der Waals surface area (Å²) in [5, 5.41) is 2.83. The number of benzene rings is 2. The van der Waals surface area contributed by atoms with Gasteiger partial charge in [-0.25, -0.2) is 0 Å². The molecule has 0 fully saturated rings. The van der Waals surface area contributed by atoms with Crippen LogP contribution in [0, 0.1) is 6.92 Å². The van der Waals surface area contributed by atoms with Crippen molar-refractivity contribution in [3.8, 4) is 5.75 Å². The Morgan fingerprint density at radius 2 is 1.95 bits per heavy atom. The fraction of sp³-hybridized carbons (Fsp3) is 0.125. The highest BCUT2D eigenvalue weighted by atomic mass is 79.9. The number of anilines is 1. The summed E-state index contributed by atoms with van der Waals surface area (Å²) in [5.74, 6) is -0.599. The second-order valence-electron chi connectivity index (χ2n) is 4.66. The van der Waals surface area contributed by atoms with Gasteiger partial charge in [0.25, 0.3) is 11.8 Å². The average Bonchev–Trinajstić information content (AvgIpc) is 2.48. The Bertz CT molecular complexity index is 716. The van der Waals surface area contributed by atoms with E-state index in [1.165, 1.54) is 0 Å². The van der Waals surface area contributed by atoms with Crippen molar-refractivity contribution in [1.82, 2.24) is 0 Å². The van der Waals surface area contributed by atoms with E-state index in [1.54, 1.807) is 24.3 Å². The largest absolute Gasteiger partial charge is 0.483 e. The van der Waals surface area contributed by atoms with Crippen LogP contribution in [0.1, 0.15) is 15.9 Å². The van der Waals surface area contributed by atoms with Gasteiger partial charge in [0.2, 0.25) is 0 Å². The maximum Gasteiger partial charge on any atom is 0.259 e. The standard InChI is InChI=1S/C16H15BrN2O3/c1-10-8-11(17)6-7-13(10)19-16(21)12-4-2-3-5-14(12)22-9-15(18)20/h2-8H,9H2,1H3,(H2,18,20)(H,19,21). The summed E-state index contributed by atoms with van der Waals surface area (Å²) in [6.45, 7) is 1.62. The van der Waals surface area contributed by atoms with Crippen LogP contribution in [0.3, 0.4) is 0 Å². The summed E-state index contributed by atoms with van der Waals surface area (Å²) in [5.41, 5.74) is 7.03. The Hall–Kier alpha value is -2.34. The van der Waals surface area contributed by atoms with Crippen molar-refractivity contribution in [3.05, 3.63) is 58.1 Å². The van der Waals surface area contributed by atoms with E-state index in [4.69, 9.17) is 10.5 Å². The van der Waals surface area contributed by atoms with Crippen LogP contribution in [0.25, 0.3) is 0 Å². The second-order valence-corrected chi connectivity index (χ2v) is 5.58. The lowest BCUT2D eigenvalue weighted by molar-refractivity contribution is -0.119. The van der Waals surface area contributed by atoms with Crippen LogP contribution in [-0.2, 0) is 4.79 Å². The highest BCUT2D eigenvalue weighted by molar-refractivity contribution is 9.10. The fourth-order valence-electron chi connectivity index (χ4n) is 1.89. The summed E-state index contributed by atoms with van der Waals surface area (Å²) in [7, 11) is 0. The van der Waals surface area contributed by atoms with Gasteiger partial charge in [-0.3, -0.25) is 9.59 Å². The molecule has 0 heterocycles. The zero-order valence-electron chi connectivity index (χ0n) is 11.9. The van der Waals surface area contributed by atoms with Gasteiger partial charge in [0, 0.05) is 10.2 Å². The number of carbonyl (C=O) groups is 2. The molecule has 0 unspecified atom stereocenters. The Labute approximate surface area is 136 Å². The van der Waals surface area contributed by atoms with E-state index in [-0.39, 0.29) is 12.5 Å². The molecule has 2 rings (SSSR count). The van der Waals surface area contributed by atoms with Crippen LogP contribution in [0.5, 0.6) is 5.75 Å². The van der Waals surface area contributed by atoms with Crippen molar-refractivity contribution in [3.63, 3.8) is 0 Å². The first-order valence-electron chi connectivity index (χ1n) is 6.55. The summed E-state index contributed by atoms with van der Waals surface area (Å²) >= 11 is 3.38. The minimum absolute atomic E-state index is 0.276. The molecule has 6 heteroatoms. The molecule has 0 bridgehead atoms. The van der Waals surface area contributed by atoms with Gasteiger partial charge >= 0.3 is 0 Å². The number of halogens is 1. The molecular weight excluding hydrogens is 348 g/mol. The predicted octanol–water partition coefficient (Wildman–Crippen LogP) is 2.87. The lowest BCUT2D eigenvalue weighted by atomic mass is 10.1. The van der Waals surface area contributed by atoms with Crippen LogP contribution in [0.15, 0.2) is 46.9 Å². The highest BCUT2D eigenvalue weighted by Gasteiger charge is 2.14. The van der Waals surface area contributed by atoms with Crippen LogP contribution >= 0.6 is 15.9 Å². The molecule has 0 aliphatic rings. The Balaban J connectivity index is 2.20. The third kappa shape index (κ3) is 4.08. The smallest absolute Gasteiger partial charge is 0.259 e. The monoisotopic (exact) mass is 362 g/mol. The lowest BCUT2D eigenvalue weighted by Crippen LogP contribution is -2.21. The highest BCUT2D eigenvalue weighted by Crippen LogP contribution is 2.23. The molecule has 2 amide bonds. The zero-order chi connectivity index (χ0) is 16.1. The van der Waals surface area contributed by atoms with Gasteiger partial charge in [-0.05, 0) is 42.8 Å². The minimum Gasteiger partial charge on any atom is -0.483 e. The number of ether oxygens (including phenoxy) is 1. The second kappa shape index (κ2) is 7.09. The molecule has 5 nitrogen and oxygen atoms in total. The number of primary amides is 1. The normalized spacial score (nSPS) is 10.1. The van der Waals surface area contributed by atoms with Crippen molar-refractivity contribution < 1.29 is 14.3 Å². The molecular formula is C16H15BrN2O3. The first-order chi connectivity index (χ1) is 10.5. The average molecular weight is 363 g/mol. The van der Waals surface area contributed by atoms with Gasteiger partial charge in [0.05, 0.1) is 5.56 Å². The Morgan fingerprint density at radius 3 is 2.64 bits per heavy atom. The van der Waals surface area contributed by atoms with Crippen molar-refractivity contribution in [2.75, 3.05) is 11.9 Å². The maximum atomic E-state index is 12.4. The molecule has 0 aromatic heterocycles. The number of hydrogen-bond donors (Lipinski definition) is 2. The van der Waals surface area contributed by atoms with Gasteiger partial charge < -0.3 is 15.8 Å². The fourth-order valence-corrected chi connectivity index (χ4v) is 2.36. The number of amides is 2. The molecule has 3 N–H and O–H groups in total. The summed E-state index contributed by atoms with van der Waals surface area (Å²) in [4.78, 5) is 23.2. The lowest BCUT2D eigenvalue weighted by Gasteiger charge is -2.12. The van der Waals surface area contributed by atoms with Crippen molar-refractivity contribution in [2.45, 2.75) is 6.92 Å². The van der Waals surface area contributed by atoms with Crippen LogP contribution in [-0.4, -0.2) is 18.4 Å². The molecule has 0 atom stereocenters. The molecule has 0 radical (unpaired) electrons. The summed E-state index contributed by atoms with van der Waals surface area (Å²) in [6.07, 6.45) is 0. The van der Waals surface area contributed by atoms with E-state index >= 15 is 0 Å². The van der Waals surface area contributed by atoms with Gasteiger partial charge in [0.15, 0.2) is 6.61 Å². The number of nitrogens with one attached hydrogen (secondary N) is 1. The molecule has 0 aliphatic carbocycles. The van der Waals surface area contributed by atoms with E-state index in [9.17, 15) is 9.59 Å². The molecule has 0 saturated heterocycles. The van der Waals surface area contributed by atoms with E-state index in [0.29, 0.717) is 17.0 Å². The van der Waals surface area contributed by atoms with Gasteiger partial charge in [-0.15, -0.1) is 0 Å². The van der Waals surface area contributed by atoms with E-state index < -0.39 is 5.91 Å². The van der Waals surface area contributed by atoms with Crippen molar-refractivity contribution in [1.29, 1.82) is 0 Å². The number of nitrogens with two attached hydrogens (primary N) is 1. The number of rotatable bonds is 5. The van der Waals surface area contributed by atoms with Crippen molar-refractivity contribution in [2.24, 2.45) is 5.73 Å². The number of aryl methyl sites for hydroxylation is 1. The third-order valence-electron chi connectivity index (χ3n) is 2.94. The van der Waals surface area contributed by atoms with Crippen LogP contribution in [0.4, 0.5) is 5.69 Å². The van der Waals surface area contributed by atoms with E-state index in [2.05, 4.69) is 21.2 Å². The molecule has 2 aromatic rings. The Morgan fingerprint density at radius 1 is 1.23 bits per heavy atom.